The minimum Gasteiger partial charge on any atom is -0.481 e. The third-order valence-corrected chi connectivity index (χ3v) is 2.67. The Morgan fingerprint density at radius 1 is 1.06 bits per heavy atom. The number of aliphatic carboxylic acids is 1. The maximum absolute atomic E-state index is 10.7. The minimum atomic E-state index is -0.800. The van der Waals surface area contributed by atoms with E-state index in [0.717, 1.165) is 16.7 Å². The van der Waals surface area contributed by atoms with E-state index in [-0.39, 0.29) is 6.42 Å². The van der Waals surface area contributed by atoms with Gasteiger partial charge in [0.1, 0.15) is 0 Å². The van der Waals surface area contributed by atoms with Crippen LogP contribution in [0.2, 0.25) is 0 Å². The molecule has 2 aromatic carbocycles. The molecule has 86 valence electrons. The number of aryl methyl sites for hydroxylation is 1. The Morgan fingerprint density at radius 2 is 1.76 bits per heavy atom. The van der Waals surface area contributed by atoms with Crippen LogP contribution in [0.1, 0.15) is 11.1 Å². The second kappa shape index (κ2) is 4.83. The molecular formula is C15H14O2. The molecule has 0 heterocycles. The summed E-state index contributed by atoms with van der Waals surface area (Å²) in [6.45, 7) is 2.05. The fourth-order valence-corrected chi connectivity index (χ4v) is 1.78. The lowest BCUT2D eigenvalue weighted by molar-refractivity contribution is -0.136. The highest BCUT2D eigenvalue weighted by Crippen LogP contribution is 2.21. The number of carboxylic acid groups (broad SMARTS) is 1. The fraction of sp³-hybridized carbons (Fsp3) is 0.133. The second-order valence-corrected chi connectivity index (χ2v) is 4.14. The van der Waals surface area contributed by atoms with Crippen molar-refractivity contribution in [3.05, 3.63) is 59.7 Å². The van der Waals surface area contributed by atoms with Crippen LogP contribution < -0.4 is 0 Å². The van der Waals surface area contributed by atoms with Crippen LogP contribution in [0.25, 0.3) is 11.1 Å². The Labute approximate surface area is 101 Å². The average molecular weight is 226 g/mol. The summed E-state index contributed by atoms with van der Waals surface area (Å²) in [6.07, 6.45) is 0.0691. The quantitative estimate of drug-likeness (QED) is 0.872. The van der Waals surface area contributed by atoms with Crippen LogP contribution in [0.4, 0.5) is 0 Å². The third kappa shape index (κ3) is 2.94. The number of benzene rings is 2. The predicted octanol–water partition coefficient (Wildman–Crippen LogP) is 3.29. The van der Waals surface area contributed by atoms with Crippen LogP contribution in [0.5, 0.6) is 0 Å². The molecule has 0 unspecified atom stereocenters. The van der Waals surface area contributed by atoms with Gasteiger partial charge in [-0.25, -0.2) is 0 Å². The van der Waals surface area contributed by atoms with Gasteiger partial charge in [-0.05, 0) is 23.6 Å². The van der Waals surface area contributed by atoms with Gasteiger partial charge in [0.25, 0.3) is 0 Å². The van der Waals surface area contributed by atoms with Crippen molar-refractivity contribution in [3.8, 4) is 11.1 Å². The largest absolute Gasteiger partial charge is 0.481 e. The van der Waals surface area contributed by atoms with Crippen LogP contribution in [0.15, 0.2) is 48.5 Å². The maximum Gasteiger partial charge on any atom is 0.307 e. The Morgan fingerprint density at radius 3 is 2.41 bits per heavy atom. The highest BCUT2D eigenvalue weighted by atomic mass is 16.4. The van der Waals surface area contributed by atoms with E-state index in [9.17, 15) is 4.79 Å². The molecular weight excluding hydrogens is 212 g/mol. The van der Waals surface area contributed by atoms with E-state index in [4.69, 9.17) is 5.11 Å². The Kier molecular flexibility index (Phi) is 3.24. The van der Waals surface area contributed by atoms with E-state index >= 15 is 0 Å². The molecule has 2 rings (SSSR count). The fourth-order valence-electron chi connectivity index (χ4n) is 1.78. The van der Waals surface area contributed by atoms with E-state index in [2.05, 4.69) is 24.3 Å². The summed E-state index contributed by atoms with van der Waals surface area (Å²) >= 11 is 0. The standard InChI is InChI=1S/C15H14O2/c1-11-5-7-13(8-6-11)14-4-2-3-12(9-14)10-15(16)17/h2-9H,10H2,1H3,(H,16,17). The number of rotatable bonds is 3. The van der Waals surface area contributed by atoms with Crippen LogP contribution in [-0.2, 0) is 11.2 Å². The number of hydrogen-bond donors (Lipinski definition) is 1. The minimum absolute atomic E-state index is 0.0691. The van der Waals surface area contributed by atoms with Crippen LogP contribution in [-0.4, -0.2) is 11.1 Å². The molecule has 0 saturated carbocycles. The van der Waals surface area contributed by atoms with Gasteiger partial charge in [-0.15, -0.1) is 0 Å². The third-order valence-electron chi connectivity index (χ3n) is 2.67. The van der Waals surface area contributed by atoms with Gasteiger partial charge in [0.2, 0.25) is 0 Å². The first-order chi connectivity index (χ1) is 8.15. The summed E-state index contributed by atoms with van der Waals surface area (Å²) in [7, 11) is 0. The SMILES string of the molecule is Cc1ccc(-c2cccc(CC(=O)O)c2)cc1. The van der Waals surface area contributed by atoms with Gasteiger partial charge in [0.15, 0.2) is 0 Å². The molecule has 0 spiro atoms. The summed E-state index contributed by atoms with van der Waals surface area (Å²) in [4.78, 5) is 10.7. The zero-order valence-corrected chi connectivity index (χ0v) is 9.68. The predicted molar refractivity (Wildman–Crippen MR) is 68.0 cm³/mol. The van der Waals surface area contributed by atoms with Crippen molar-refractivity contribution in [3.63, 3.8) is 0 Å². The molecule has 0 aliphatic heterocycles. The van der Waals surface area contributed by atoms with Crippen LogP contribution in [0, 0.1) is 6.92 Å². The molecule has 17 heavy (non-hydrogen) atoms. The number of carbonyl (C=O) groups is 1. The molecule has 0 aromatic heterocycles. The summed E-state index contributed by atoms with van der Waals surface area (Å²) in [5.41, 5.74) is 4.22. The zero-order chi connectivity index (χ0) is 12.3. The number of carboxylic acids is 1. The highest BCUT2D eigenvalue weighted by Gasteiger charge is 2.02. The highest BCUT2D eigenvalue weighted by molar-refractivity contribution is 5.72. The lowest BCUT2D eigenvalue weighted by atomic mass is 10.0. The van der Waals surface area contributed by atoms with Gasteiger partial charge in [0, 0.05) is 0 Å². The zero-order valence-electron chi connectivity index (χ0n) is 9.68. The van der Waals surface area contributed by atoms with Crippen molar-refractivity contribution >= 4 is 5.97 Å². The molecule has 0 saturated heterocycles. The van der Waals surface area contributed by atoms with Gasteiger partial charge >= 0.3 is 5.97 Å². The summed E-state index contributed by atoms with van der Waals surface area (Å²) in [6, 6.07) is 15.9. The summed E-state index contributed by atoms with van der Waals surface area (Å²) in [5.74, 6) is -0.800. The molecule has 0 amide bonds. The van der Waals surface area contributed by atoms with Crippen molar-refractivity contribution in [1.29, 1.82) is 0 Å². The van der Waals surface area contributed by atoms with Gasteiger partial charge in [-0.3, -0.25) is 4.79 Å². The summed E-state index contributed by atoms with van der Waals surface area (Å²) < 4.78 is 0. The van der Waals surface area contributed by atoms with Gasteiger partial charge in [0.05, 0.1) is 6.42 Å². The number of hydrogen-bond acceptors (Lipinski definition) is 1. The van der Waals surface area contributed by atoms with Crippen molar-refractivity contribution in [2.45, 2.75) is 13.3 Å². The van der Waals surface area contributed by atoms with Crippen molar-refractivity contribution in [2.75, 3.05) is 0 Å². The van der Waals surface area contributed by atoms with Crippen LogP contribution >= 0.6 is 0 Å². The molecule has 2 nitrogen and oxygen atoms in total. The molecule has 0 fully saturated rings. The summed E-state index contributed by atoms with van der Waals surface area (Å²) in [5, 5.41) is 8.76. The molecule has 1 N–H and O–H groups in total. The van der Waals surface area contributed by atoms with Crippen LogP contribution in [0.3, 0.4) is 0 Å². The van der Waals surface area contributed by atoms with E-state index < -0.39 is 5.97 Å². The molecule has 2 heteroatoms. The molecule has 0 atom stereocenters. The van der Waals surface area contributed by atoms with E-state index in [1.807, 2.05) is 31.2 Å². The van der Waals surface area contributed by atoms with Crippen molar-refractivity contribution in [1.82, 2.24) is 0 Å². The molecule has 0 aliphatic carbocycles. The lowest BCUT2D eigenvalue weighted by Crippen LogP contribution is -1.99. The Hall–Kier alpha value is -2.09. The second-order valence-electron chi connectivity index (χ2n) is 4.14. The average Bonchev–Trinajstić information content (AvgIpc) is 2.29. The Bertz CT molecular complexity index is 527. The normalized spacial score (nSPS) is 10.2. The molecule has 2 aromatic rings. The van der Waals surface area contributed by atoms with Gasteiger partial charge < -0.3 is 5.11 Å². The molecule has 0 radical (unpaired) electrons. The Balaban J connectivity index is 2.32. The van der Waals surface area contributed by atoms with Gasteiger partial charge in [-0.1, -0.05) is 54.1 Å². The van der Waals surface area contributed by atoms with Gasteiger partial charge in [-0.2, -0.15) is 0 Å². The smallest absolute Gasteiger partial charge is 0.307 e. The molecule has 0 aliphatic rings. The van der Waals surface area contributed by atoms with E-state index in [0.29, 0.717) is 0 Å². The van der Waals surface area contributed by atoms with Crippen molar-refractivity contribution < 1.29 is 9.90 Å². The first-order valence-electron chi connectivity index (χ1n) is 5.53. The maximum atomic E-state index is 10.7. The van der Waals surface area contributed by atoms with E-state index in [1.165, 1.54) is 5.56 Å². The van der Waals surface area contributed by atoms with Crippen molar-refractivity contribution in [2.24, 2.45) is 0 Å². The first-order valence-corrected chi connectivity index (χ1v) is 5.53. The first kappa shape index (κ1) is 11.4. The lowest BCUT2D eigenvalue weighted by Gasteiger charge is -2.04. The van der Waals surface area contributed by atoms with E-state index in [1.54, 1.807) is 0 Å². The molecule has 0 bridgehead atoms. The monoisotopic (exact) mass is 226 g/mol. The topological polar surface area (TPSA) is 37.3 Å².